The molecular formula is C28H33N3O2. The van der Waals surface area contributed by atoms with E-state index in [0.717, 1.165) is 79.0 Å². The molecule has 3 aromatic rings. The zero-order chi connectivity index (χ0) is 23.2. The van der Waals surface area contributed by atoms with Crippen LogP contribution in [-0.4, -0.2) is 27.1 Å². The van der Waals surface area contributed by atoms with Crippen LogP contribution >= 0.6 is 0 Å². The van der Waals surface area contributed by atoms with Crippen molar-refractivity contribution in [2.45, 2.75) is 71.3 Å². The predicted octanol–water partition coefficient (Wildman–Crippen LogP) is 6.58. The van der Waals surface area contributed by atoms with E-state index in [9.17, 15) is 4.79 Å². The molecule has 0 bridgehead atoms. The first-order valence-electron chi connectivity index (χ1n) is 12.0. The third kappa shape index (κ3) is 5.98. The Labute approximate surface area is 196 Å². The highest BCUT2D eigenvalue weighted by molar-refractivity contribution is 5.79. The summed E-state index contributed by atoms with van der Waals surface area (Å²) in [7, 11) is 0. The summed E-state index contributed by atoms with van der Waals surface area (Å²) in [5.74, 6) is 0.206. The number of rotatable bonds is 9. The molecule has 2 N–H and O–H groups in total. The van der Waals surface area contributed by atoms with Gasteiger partial charge in [0.2, 0.25) is 0 Å². The fourth-order valence-corrected chi connectivity index (χ4v) is 4.40. The quantitative estimate of drug-likeness (QED) is 0.365. The number of anilines is 1. The minimum atomic E-state index is -0.700. The largest absolute Gasteiger partial charge is 0.481 e. The highest BCUT2D eigenvalue weighted by Crippen LogP contribution is 2.34. The van der Waals surface area contributed by atoms with Crippen molar-refractivity contribution >= 4 is 11.8 Å². The number of aryl methyl sites for hydroxylation is 3. The molecule has 33 heavy (non-hydrogen) atoms. The number of nitrogens with zero attached hydrogens (tertiary/aromatic N) is 2. The number of hydrogen-bond donors (Lipinski definition) is 2. The third-order valence-corrected chi connectivity index (χ3v) is 6.38. The number of fused-ring (bicyclic) bond motifs is 1. The van der Waals surface area contributed by atoms with E-state index in [1.807, 2.05) is 0 Å². The van der Waals surface area contributed by atoms with Crippen LogP contribution in [0, 0.1) is 13.8 Å². The Kier molecular flexibility index (Phi) is 7.38. The highest BCUT2D eigenvalue weighted by Gasteiger charge is 2.23. The monoisotopic (exact) mass is 443 g/mol. The number of benzene rings is 2. The summed E-state index contributed by atoms with van der Waals surface area (Å²) >= 11 is 0. The Bertz CT molecular complexity index is 1090. The lowest BCUT2D eigenvalue weighted by atomic mass is 9.97. The fraction of sp³-hybridized carbons (Fsp3) is 0.393. The van der Waals surface area contributed by atoms with Gasteiger partial charge in [-0.3, -0.25) is 4.79 Å². The Hall–Kier alpha value is -3.21. The standard InChI is InChI=1S/C28H33N3O2/c1-19-9-13-21(14-10-19)26-27(22-15-11-20(2)12-16-22)31-28-24(30-26)18-17-23(29-28)7-5-3-4-6-8-25(32)33/h9-16,23H,3-8,17-18H2,1-2H3,(H,29,31)(H,32,33). The van der Waals surface area contributed by atoms with E-state index < -0.39 is 5.97 Å². The molecule has 2 heterocycles. The highest BCUT2D eigenvalue weighted by atomic mass is 16.4. The molecule has 0 amide bonds. The number of hydrogen-bond acceptors (Lipinski definition) is 4. The van der Waals surface area contributed by atoms with Crippen LogP contribution < -0.4 is 5.32 Å². The smallest absolute Gasteiger partial charge is 0.303 e. The average Bonchev–Trinajstić information content (AvgIpc) is 2.81. The van der Waals surface area contributed by atoms with Gasteiger partial charge in [0.1, 0.15) is 5.82 Å². The minimum Gasteiger partial charge on any atom is -0.481 e. The molecule has 1 atom stereocenters. The van der Waals surface area contributed by atoms with E-state index in [4.69, 9.17) is 15.1 Å². The van der Waals surface area contributed by atoms with Crippen LogP contribution in [0.3, 0.4) is 0 Å². The average molecular weight is 444 g/mol. The lowest BCUT2D eigenvalue weighted by Gasteiger charge is -2.27. The molecule has 1 aliphatic rings. The number of nitrogens with one attached hydrogen (secondary N) is 1. The van der Waals surface area contributed by atoms with Gasteiger partial charge in [0.25, 0.3) is 0 Å². The third-order valence-electron chi connectivity index (χ3n) is 6.38. The van der Waals surface area contributed by atoms with Crippen LogP contribution in [0.4, 0.5) is 5.82 Å². The van der Waals surface area contributed by atoms with E-state index >= 15 is 0 Å². The molecule has 2 aromatic carbocycles. The Morgan fingerprint density at radius 3 is 2.06 bits per heavy atom. The summed E-state index contributed by atoms with van der Waals surface area (Å²) in [5, 5.41) is 12.4. The van der Waals surface area contributed by atoms with Gasteiger partial charge < -0.3 is 10.4 Å². The van der Waals surface area contributed by atoms with Gasteiger partial charge in [0.15, 0.2) is 0 Å². The summed E-state index contributed by atoms with van der Waals surface area (Å²) < 4.78 is 0. The Morgan fingerprint density at radius 1 is 0.879 bits per heavy atom. The SMILES string of the molecule is Cc1ccc(-c2nc3c(nc2-c2ccc(C)cc2)NC(CCCCCCC(=O)O)CC3)cc1. The van der Waals surface area contributed by atoms with Gasteiger partial charge in [-0.05, 0) is 39.5 Å². The van der Waals surface area contributed by atoms with Crippen LogP contribution in [0.2, 0.25) is 0 Å². The summed E-state index contributed by atoms with van der Waals surface area (Å²) in [6, 6.07) is 17.4. The van der Waals surface area contributed by atoms with Crippen molar-refractivity contribution in [3.63, 3.8) is 0 Å². The molecule has 172 valence electrons. The molecule has 5 nitrogen and oxygen atoms in total. The molecule has 0 fully saturated rings. The van der Waals surface area contributed by atoms with E-state index in [0.29, 0.717) is 6.04 Å². The van der Waals surface area contributed by atoms with Gasteiger partial charge in [-0.25, -0.2) is 9.97 Å². The van der Waals surface area contributed by atoms with Crippen molar-refractivity contribution in [3.05, 3.63) is 65.4 Å². The molecule has 1 aromatic heterocycles. The second-order valence-corrected chi connectivity index (χ2v) is 9.17. The van der Waals surface area contributed by atoms with Crippen molar-refractivity contribution < 1.29 is 9.90 Å². The number of unbranched alkanes of at least 4 members (excludes halogenated alkanes) is 3. The van der Waals surface area contributed by atoms with E-state index in [-0.39, 0.29) is 6.42 Å². The second-order valence-electron chi connectivity index (χ2n) is 9.17. The lowest BCUT2D eigenvalue weighted by molar-refractivity contribution is -0.137. The van der Waals surface area contributed by atoms with Gasteiger partial charge in [0.05, 0.1) is 17.1 Å². The van der Waals surface area contributed by atoms with Crippen molar-refractivity contribution in [1.29, 1.82) is 0 Å². The summed E-state index contributed by atoms with van der Waals surface area (Å²) in [4.78, 5) is 20.9. The number of aliphatic carboxylic acids is 1. The normalized spacial score (nSPS) is 15.0. The van der Waals surface area contributed by atoms with Crippen LogP contribution in [0.5, 0.6) is 0 Å². The van der Waals surface area contributed by atoms with Crippen molar-refractivity contribution in [2.24, 2.45) is 0 Å². The Morgan fingerprint density at radius 2 is 1.45 bits per heavy atom. The van der Waals surface area contributed by atoms with Gasteiger partial charge in [0, 0.05) is 23.6 Å². The summed E-state index contributed by atoms with van der Waals surface area (Å²) in [5.41, 5.74) is 7.52. The summed E-state index contributed by atoms with van der Waals surface area (Å²) in [6.45, 7) is 4.19. The van der Waals surface area contributed by atoms with Crippen molar-refractivity contribution in [3.8, 4) is 22.5 Å². The van der Waals surface area contributed by atoms with Crippen LogP contribution in [-0.2, 0) is 11.2 Å². The van der Waals surface area contributed by atoms with Gasteiger partial charge >= 0.3 is 5.97 Å². The molecule has 0 spiro atoms. The first-order valence-corrected chi connectivity index (χ1v) is 12.0. The fourth-order valence-electron chi connectivity index (χ4n) is 4.40. The molecule has 0 aliphatic carbocycles. The topological polar surface area (TPSA) is 75.1 Å². The first kappa shape index (κ1) is 23.0. The molecule has 5 heteroatoms. The molecule has 1 aliphatic heterocycles. The second kappa shape index (κ2) is 10.6. The number of carboxylic acid groups (broad SMARTS) is 1. The molecule has 0 saturated carbocycles. The number of carboxylic acids is 1. The predicted molar refractivity (Wildman–Crippen MR) is 133 cm³/mol. The molecule has 1 unspecified atom stereocenters. The molecule has 0 saturated heterocycles. The molecular weight excluding hydrogens is 410 g/mol. The zero-order valence-electron chi connectivity index (χ0n) is 19.6. The van der Waals surface area contributed by atoms with E-state index in [1.54, 1.807) is 0 Å². The van der Waals surface area contributed by atoms with Crippen molar-refractivity contribution in [1.82, 2.24) is 9.97 Å². The van der Waals surface area contributed by atoms with E-state index in [2.05, 4.69) is 67.7 Å². The maximum absolute atomic E-state index is 10.6. The molecule has 4 rings (SSSR count). The maximum Gasteiger partial charge on any atom is 0.303 e. The number of aromatic nitrogens is 2. The molecule has 0 radical (unpaired) electrons. The minimum absolute atomic E-state index is 0.274. The zero-order valence-corrected chi connectivity index (χ0v) is 19.6. The van der Waals surface area contributed by atoms with Gasteiger partial charge in [-0.15, -0.1) is 0 Å². The van der Waals surface area contributed by atoms with Gasteiger partial charge in [-0.1, -0.05) is 78.9 Å². The summed E-state index contributed by atoms with van der Waals surface area (Å²) in [6.07, 6.45) is 7.25. The first-order chi connectivity index (χ1) is 16.0. The van der Waals surface area contributed by atoms with Crippen LogP contribution in [0.15, 0.2) is 48.5 Å². The van der Waals surface area contributed by atoms with Crippen molar-refractivity contribution in [2.75, 3.05) is 5.32 Å². The van der Waals surface area contributed by atoms with Crippen LogP contribution in [0.1, 0.15) is 61.8 Å². The van der Waals surface area contributed by atoms with Gasteiger partial charge in [-0.2, -0.15) is 0 Å². The Balaban J connectivity index is 1.53. The van der Waals surface area contributed by atoms with Crippen LogP contribution in [0.25, 0.3) is 22.5 Å². The maximum atomic E-state index is 10.6. The number of carbonyl (C=O) groups is 1. The lowest BCUT2D eigenvalue weighted by Crippen LogP contribution is -2.27. The van der Waals surface area contributed by atoms with E-state index in [1.165, 1.54) is 11.1 Å².